The Morgan fingerprint density at radius 3 is 2.21 bits per heavy atom. The molecule has 1 aromatic carbocycles. The molecule has 0 spiro atoms. The second-order valence-corrected chi connectivity index (χ2v) is 5.44. The molecule has 0 aliphatic carbocycles. The van der Waals surface area contributed by atoms with Crippen LogP contribution in [0.15, 0.2) is 18.2 Å². The Labute approximate surface area is 140 Å². The normalized spacial score (nSPS) is 10.7. The molecule has 24 heavy (non-hydrogen) atoms. The Hall–Kier alpha value is -2.44. The fourth-order valence-corrected chi connectivity index (χ4v) is 2.70. The molecular formula is C17H22F2N4O. The van der Waals surface area contributed by atoms with E-state index < -0.39 is 17.7 Å². The first kappa shape index (κ1) is 17.9. The predicted molar refractivity (Wildman–Crippen MR) is 87.4 cm³/mol. The summed E-state index contributed by atoms with van der Waals surface area (Å²) < 4.78 is 28.9. The van der Waals surface area contributed by atoms with E-state index in [1.165, 1.54) is 6.07 Å². The number of urea groups is 1. The highest BCUT2D eigenvalue weighted by Crippen LogP contribution is 2.15. The largest absolute Gasteiger partial charge is 0.334 e. The van der Waals surface area contributed by atoms with Gasteiger partial charge in [-0.15, -0.1) is 0 Å². The van der Waals surface area contributed by atoms with Gasteiger partial charge < -0.3 is 10.6 Å². The number of rotatable bonds is 6. The average molecular weight is 336 g/mol. The standard InChI is InChI=1S/C17H22F2N4O/c1-4-15-12(16(5-2)23(3)22-15)10-21-17(24)20-9-11-13(18)7-6-8-14(11)19/h6-8H,4-5,9-10H2,1-3H3,(H2,20,21,24). The lowest BCUT2D eigenvalue weighted by molar-refractivity contribution is 0.240. The zero-order valence-electron chi connectivity index (χ0n) is 14.1. The molecule has 0 unspecified atom stereocenters. The van der Waals surface area contributed by atoms with Gasteiger partial charge in [0.1, 0.15) is 11.6 Å². The summed E-state index contributed by atoms with van der Waals surface area (Å²) in [5.74, 6) is -1.35. The maximum absolute atomic E-state index is 13.5. The van der Waals surface area contributed by atoms with E-state index in [2.05, 4.69) is 15.7 Å². The summed E-state index contributed by atoms with van der Waals surface area (Å²) in [5.41, 5.74) is 2.84. The molecule has 0 atom stereocenters. The molecule has 0 aliphatic rings. The van der Waals surface area contributed by atoms with Gasteiger partial charge in [-0.25, -0.2) is 13.6 Å². The summed E-state index contributed by atoms with van der Waals surface area (Å²) in [5, 5.41) is 9.64. The summed E-state index contributed by atoms with van der Waals surface area (Å²) >= 11 is 0. The van der Waals surface area contributed by atoms with Crippen LogP contribution in [-0.4, -0.2) is 15.8 Å². The minimum absolute atomic E-state index is 0.155. The Bertz CT molecular complexity index is 707. The number of amides is 2. The predicted octanol–water partition coefficient (Wildman–Crippen LogP) is 2.82. The van der Waals surface area contributed by atoms with E-state index in [-0.39, 0.29) is 12.1 Å². The SMILES string of the molecule is CCc1nn(C)c(CC)c1CNC(=O)NCc1c(F)cccc1F. The first-order valence-electron chi connectivity index (χ1n) is 7.96. The number of carbonyl (C=O) groups excluding carboxylic acids is 1. The number of aryl methyl sites for hydroxylation is 2. The highest BCUT2D eigenvalue weighted by Gasteiger charge is 2.15. The van der Waals surface area contributed by atoms with Crippen molar-refractivity contribution < 1.29 is 13.6 Å². The lowest BCUT2D eigenvalue weighted by atomic mass is 10.1. The van der Waals surface area contributed by atoms with Crippen molar-refractivity contribution in [2.75, 3.05) is 0 Å². The number of halogens is 2. The third-order valence-corrected chi connectivity index (χ3v) is 3.94. The van der Waals surface area contributed by atoms with E-state index in [1.807, 2.05) is 25.6 Å². The van der Waals surface area contributed by atoms with E-state index >= 15 is 0 Å². The molecule has 0 saturated carbocycles. The van der Waals surface area contributed by atoms with Crippen LogP contribution in [-0.2, 0) is 33.0 Å². The van der Waals surface area contributed by atoms with Crippen molar-refractivity contribution in [3.63, 3.8) is 0 Å². The minimum Gasteiger partial charge on any atom is -0.334 e. The van der Waals surface area contributed by atoms with Gasteiger partial charge in [0.25, 0.3) is 0 Å². The quantitative estimate of drug-likeness (QED) is 0.852. The first-order valence-corrected chi connectivity index (χ1v) is 7.96. The van der Waals surface area contributed by atoms with Crippen LogP contribution in [0.25, 0.3) is 0 Å². The van der Waals surface area contributed by atoms with E-state index in [0.29, 0.717) is 6.54 Å². The number of carbonyl (C=O) groups is 1. The van der Waals surface area contributed by atoms with Gasteiger partial charge in [-0.1, -0.05) is 19.9 Å². The smallest absolute Gasteiger partial charge is 0.315 e. The Kier molecular flexibility index (Phi) is 5.89. The Morgan fingerprint density at radius 2 is 1.67 bits per heavy atom. The van der Waals surface area contributed by atoms with E-state index in [1.54, 1.807) is 0 Å². The van der Waals surface area contributed by atoms with Crippen LogP contribution in [0.1, 0.15) is 36.4 Å². The molecule has 7 heteroatoms. The van der Waals surface area contributed by atoms with E-state index in [4.69, 9.17) is 0 Å². The lowest BCUT2D eigenvalue weighted by Gasteiger charge is -2.10. The molecule has 0 radical (unpaired) electrons. The monoisotopic (exact) mass is 336 g/mol. The van der Waals surface area contributed by atoms with Crippen molar-refractivity contribution in [2.45, 2.75) is 39.8 Å². The second-order valence-electron chi connectivity index (χ2n) is 5.44. The molecule has 1 heterocycles. The highest BCUT2D eigenvalue weighted by molar-refractivity contribution is 5.73. The van der Waals surface area contributed by atoms with Crippen LogP contribution in [0.5, 0.6) is 0 Å². The molecule has 2 N–H and O–H groups in total. The fraction of sp³-hybridized carbons (Fsp3) is 0.412. The number of nitrogens with one attached hydrogen (secondary N) is 2. The van der Waals surface area contributed by atoms with Gasteiger partial charge in [0.2, 0.25) is 0 Å². The van der Waals surface area contributed by atoms with Crippen LogP contribution in [0.2, 0.25) is 0 Å². The van der Waals surface area contributed by atoms with E-state index in [0.717, 1.165) is 41.9 Å². The highest BCUT2D eigenvalue weighted by atomic mass is 19.1. The Morgan fingerprint density at radius 1 is 1.08 bits per heavy atom. The van der Waals surface area contributed by atoms with Gasteiger partial charge >= 0.3 is 6.03 Å². The zero-order valence-corrected chi connectivity index (χ0v) is 14.1. The van der Waals surface area contributed by atoms with Crippen molar-refractivity contribution in [3.05, 3.63) is 52.3 Å². The number of hydrogen-bond acceptors (Lipinski definition) is 2. The molecular weight excluding hydrogens is 314 g/mol. The number of hydrogen-bond donors (Lipinski definition) is 2. The molecule has 0 fully saturated rings. The maximum atomic E-state index is 13.5. The molecule has 2 rings (SSSR count). The number of benzene rings is 1. The van der Waals surface area contributed by atoms with Crippen LogP contribution in [0.4, 0.5) is 13.6 Å². The molecule has 1 aromatic heterocycles. The molecule has 130 valence electrons. The summed E-state index contributed by atoms with van der Waals surface area (Å²) in [6.45, 7) is 4.15. The molecule has 0 aliphatic heterocycles. The van der Waals surface area contributed by atoms with Crippen LogP contribution < -0.4 is 10.6 Å². The van der Waals surface area contributed by atoms with Gasteiger partial charge in [0.05, 0.1) is 12.2 Å². The number of nitrogens with zero attached hydrogens (tertiary/aromatic N) is 2. The second kappa shape index (κ2) is 7.90. The van der Waals surface area contributed by atoms with Crippen molar-refractivity contribution in [1.29, 1.82) is 0 Å². The number of aromatic nitrogens is 2. The third-order valence-electron chi connectivity index (χ3n) is 3.94. The molecule has 2 amide bonds. The van der Waals surface area contributed by atoms with E-state index in [9.17, 15) is 13.6 Å². The topological polar surface area (TPSA) is 59.0 Å². The molecule has 2 aromatic rings. The third kappa shape index (κ3) is 3.90. The van der Waals surface area contributed by atoms with Crippen molar-refractivity contribution >= 4 is 6.03 Å². The zero-order chi connectivity index (χ0) is 17.7. The van der Waals surface area contributed by atoms with Crippen molar-refractivity contribution in [3.8, 4) is 0 Å². The van der Waals surface area contributed by atoms with Gasteiger partial charge in [-0.3, -0.25) is 4.68 Å². The summed E-state index contributed by atoms with van der Waals surface area (Å²) in [6, 6.07) is 3.13. The van der Waals surface area contributed by atoms with Crippen molar-refractivity contribution in [1.82, 2.24) is 20.4 Å². The molecule has 0 saturated heterocycles. The first-order chi connectivity index (χ1) is 11.5. The maximum Gasteiger partial charge on any atom is 0.315 e. The van der Waals surface area contributed by atoms with Crippen LogP contribution >= 0.6 is 0 Å². The van der Waals surface area contributed by atoms with Crippen LogP contribution in [0.3, 0.4) is 0 Å². The molecule has 0 bridgehead atoms. The Balaban J connectivity index is 1.97. The lowest BCUT2D eigenvalue weighted by Crippen LogP contribution is -2.35. The summed E-state index contributed by atoms with van der Waals surface area (Å²) in [4.78, 5) is 11.9. The van der Waals surface area contributed by atoms with Gasteiger partial charge in [-0.2, -0.15) is 5.10 Å². The van der Waals surface area contributed by atoms with Gasteiger partial charge in [0.15, 0.2) is 0 Å². The van der Waals surface area contributed by atoms with Crippen LogP contribution in [0, 0.1) is 11.6 Å². The fourth-order valence-electron chi connectivity index (χ4n) is 2.70. The minimum atomic E-state index is -0.677. The summed E-state index contributed by atoms with van der Waals surface area (Å²) in [7, 11) is 1.88. The van der Waals surface area contributed by atoms with Gasteiger partial charge in [0, 0.05) is 30.4 Å². The average Bonchev–Trinajstić information content (AvgIpc) is 2.87. The van der Waals surface area contributed by atoms with Gasteiger partial charge in [-0.05, 0) is 25.0 Å². The molecule has 5 nitrogen and oxygen atoms in total. The van der Waals surface area contributed by atoms with Crippen molar-refractivity contribution in [2.24, 2.45) is 7.05 Å². The summed E-state index contributed by atoms with van der Waals surface area (Å²) in [6.07, 6.45) is 1.58.